The molecule has 0 saturated carbocycles. The molecule has 0 heterocycles. The Morgan fingerprint density at radius 1 is 1.16 bits per heavy atom. The quantitative estimate of drug-likeness (QED) is 0.590. The Morgan fingerprint density at radius 3 is 2.56 bits per heavy atom. The average Bonchev–Trinajstić information content (AvgIpc) is 2.59. The molecular weight excluding hydrogens is 377 g/mol. The smallest absolute Gasteiger partial charge is 0.261 e. The molecule has 1 atom stereocenters. The van der Waals surface area contributed by atoms with E-state index in [0.717, 1.165) is 16.5 Å². The lowest BCUT2D eigenvalue weighted by Crippen LogP contribution is -2.39. The molecule has 0 aliphatic rings. The Kier molecular flexibility index (Phi) is 8.45. The molecule has 0 saturated heterocycles. The first-order valence-electron chi connectivity index (χ1n) is 8.10. The average molecular weight is 398 g/mol. The number of benzene rings is 2. The van der Waals surface area contributed by atoms with Crippen molar-refractivity contribution in [1.29, 1.82) is 0 Å². The number of rotatable bonds is 9. The summed E-state index contributed by atoms with van der Waals surface area (Å²) >= 11 is 13.7. The van der Waals surface area contributed by atoms with Gasteiger partial charge in [0.1, 0.15) is 5.75 Å². The van der Waals surface area contributed by atoms with Crippen molar-refractivity contribution in [3.8, 4) is 5.75 Å². The number of carbonyl (C=O) groups excluding carboxylic acids is 1. The van der Waals surface area contributed by atoms with Gasteiger partial charge in [-0.2, -0.15) is 11.8 Å². The largest absolute Gasteiger partial charge is 0.481 e. The topological polar surface area (TPSA) is 38.3 Å². The van der Waals surface area contributed by atoms with Gasteiger partial charge in [-0.05, 0) is 42.3 Å². The molecule has 2 aromatic carbocycles. The van der Waals surface area contributed by atoms with Gasteiger partial charge in [0, 0.05) is 28.1 Å². The van der Waals surface area contributed by atoms with Crippen molar-refractivity contribution < 1.29 is 9.53 Å². The molecule has 6 heteroatoms. The zero-order chi connectivity index (χ0) is 18.1. The van der Waals surface area contributed by atoms with Crippen LogP contribution in [0.1, 0.15) is 18.9 Å². The molecule has 0 spiro atoms. The molecule has 0 aromatic heterocycles. The Morgan fingerprint density at radius 2 is 1.88 bits per heavy atom. The summed E-state index contributed by atoms with van der Waals surface area (Å²) in [5.74, 6) is 2.19. The molecule has 1 N–H and O–H groups in total. The second-order valence-corrected chi connectivity index (χ2v) is 7.42. The first-order valence-corrected chi connectivity index (χ1v) is 10.0. The molecule has 0 aliphatic carbocycles. The lowest BCUT2D eigenvalue weighted by Gasteiger charge is -2.17. The highest BCUT2D eigenvalue weighted by Gasteiger charge is 2.17. The van der Waals surface area contributed by atoms with Crippen LogP contribution >= 0.6 is 35.0 Å². The van der Waals surface area contributed by atoms with Gasteiger partial charge >= 0.3 is 0 Å². The molecule has 2 rings (SSSR count). The second-order valence-electron chi connectivity index (χ2n) is 5.45. The first kappa shape index (κ1) is 20.0. The molecule has 25 heavy (non-hydrogen) atoms. The van der Waals surface area contributed by atoms with E-state index in [1.165, 1.54) is 5.56 Å². The van der Waals surface area contributed by atoms with Gasteiger partial charge in [-0.15, -0.1) is 0 Å². The van der Waals surface area contributed by atoms with Gasteiger partial charge in [-0.1, -0.05) is 48.3 Å². The number of nitrogens with one attached hydrogen (secondary N) is 1. The van der Waals surface area contributed by atoms with Crippen molar-refractivity contribution in [3.63, 3.8) is 0 Å². The predicted octanol–water partition coefficient (Wildman–Crippen LogP) is 5.20. The molecule has 2 aromatic rings. The van der Waals surface area contributed by atoms with Crippen molar-refractivity contribution >= 4 is 40.9 Å². The van der Waals surface area contributed by atoms with Crippen molar-refractivity contribution in [3.05, 3.63) is 64.1 Å². The number of hydrogen-bond acceptors (Lipinski definition) is 3. The number of halogens is 2. The third-order valence-electron chi connectivity index (χ3n) is 3.44. The standard InChI is InChI=1S/C19H21Cl2NO2S/c1-2-18(24-17-8-4-7-16(21)12-17)19(23)22-9-10-25-13-14-5-3-6-15(20)11-14/h3-8,11-12,18H,2,9-10,13H2,1H3,(H,22,23)/t18-/m0/s1. The minimum atomic E-state index is -0.517. The number of ether oxygens (including phenoxy) is 1. The Hall–Kier alpha value is -1.36. The molecular formula is C19H21Cl2NO2S. The van der Waals surface area contributed by atoms with Crippen molar-refractivity contribution in [2.75, 3.05) is 12.3 Å². The lowest BCUT2D eigenvalue weighted by atomic mass is 10.2. The fourth-order valence-electron chi connectivity index (χ4n) is 2.20. The summed E-state index contributed by atoms with van der Waals surface area (Å²) in [7, 11) is 0. The first-order chi connectivity index (χ1) is 12.1. The van der Waals surface area contributed by atoms with Crippen LogP contribution in [0.2, 0.25) is 10.0 Å². The summed E-state index contributed by atoms with van der Waals surface area (Å²) in [5.41, 5.74) is 1.18. The molecule has 3 nitrogen and oxygen atoms in total. The number of carbonyl (C=O) groups is 1. The highest BCUT2D eigenvalue weighted by atomic mass is 35.5. The van der Waals surface area contributed by atoms with Gasteiger partial charge in [0.05, 0.1) is 0 Å². The molecule has 134 valence electrons. The Balaban J connectivity index is 1.71. The van der Waals surface area contributed by atoms with Gasteiger partial charge in [-0.25, -0.2) is 0 Å². The van der Waals surface area contributed by atoms with E-state index in [0.29, 0.717) is 23.7 Å². The van der Waals surface area contributed by atoms with Crippen LogP contribution < -0.4 is 10.1 Å². The van der Waals surface area contributed by atoms with Crippen molar-refractivity contribution in [2.45, 2.75) is 25.2 Å². The van der Waals surface area contributed by atoms with Crippen LogP contribution in [0.3, 0.4) is 0 Å². The molecule has 0 fully saturated rings. The van der Waals surface area contributed by atoms with E-state index in [1.54, 1.807) is 36.0 Å². The van der Waals surface area contributed by atoms with Crippen LogP contribution in [0.25, 0.3) is 0 Å². The highest BCUT2D eigenvalue weighted by molar-refractivity contribution is 7.98. The van der Waals surface area contributed by atoms with Crippen LogP contribution in [-0.2, 0) is 10.5 Å². The number of hydrogen-bond donors (Lipinski definition) is 1. The van der Waals surface area contributed by atoms with Gasteiger partial charge in [0.2, 0.25) is 0 Å². The molecule has 0 radical (unpaired) electrons. The summed E-state index contributed by atoms with van der Waals surface area (Å²) in [4.78, 5) is 12.2. The SMILES string of the molecule is CC[C@H](Oc1cccc(Cl)c1)C(=O)NCCSCc1cccc(Cl)c1. The summed E-state index contributed by atoms with van der Waals surface area (Å²) < 4.78 is 5.73. The van der Waals surface area contributed by atoms with Gasteiger partial charge in [0.25, 0.3) is 5.91 Å². The summed E-state index contributed by atoms with van der Waals surface area (Å²) in [6.07, 6.45) is 0.0740. The van der Waals surface area contributed by atoms with Crippen molar-refractivity contribution in [1.82, 2.24) is 5.32 Å². The third-order valence-corrected chi connectivity index (χ3v) is 4.94. The zero-order valence-electron chi connectivity index (χ0n) is 14.0. The minimum absolute atomic E-state index is 0.106. The summed E-state index contributed by atoms with van der Waals surface area (Å²) in [6.45, 7) is 2.52. The van der Waals surface area contributed by atoms with Crippen LogP contribution in [0.4, 0.5) is 0 Å². The molecule has 0 unspecified atom stereocenters. The minimum Gasteiger partial charge on any atom is -0.481 e. The van der Waals surface area contributed by atoms with E-state index in [2.05, 4.69) is 5.32 Å². The Labute approximate surface area is 163 Å². The normalized spacial score (nSPS) is 11.8. The van der Waals surface area contributed by atoms with Gasteiger partial charge < -0.3 is 10.1 Å². The summed E-state index contributed by atoms with van der Waals surface area (Å²) in [6, 6.07) is 14.9. The van der Waals surface area contributed by atoms with Crippen LogP contribution in [-0.4, -0.2) is 24.3 Å². The van der Waals surface area contributed by atoms with Crippen LogP contribution in [0, 0.1) is 0 Å². The van der Waals surface area contributed by atoms with Crippen molar-refractivity contribution in [2.24, 2.45) is 0 Å². The van der Waals surface area contributed by atoms with E-state index < -0.39 is 6.10 Å². The van der Waals surface area contributed by atoms with E-state index >= 15 is 0 Å². The van der Waals surface area contributed by atoms with E-state index in [9.17, 15) is 4.79 Å². The number of amides is 1. The fraction of sp³-hybridized carbons (Fsp3) is 0.316. The Bertz CT molecular complexity index is 697. The van der Waals surface area contributed by atoms with Crippen LogP contribution in [0.15, 0.2) is 48.5 Å². The fourth-order valence-corrected chi connectivity index (χ4v) is 3.40. The third kappa shape index (κ3) is 7.18. The summed E-state index contributed by atoms with van der Waals surface area (Å²) in [5, 5.41) is 4.26. The van der Waals surface area contributed by atoms with E-state index in [4.69, 9.17) is 27.9 Å². The number of thioether (sulfide) groups is 1. The van der Waals surface area contributed by atoms with E-state index in [-0.39, 0.29) is 5.91 Å². The van der Waals surface area contributed by atoms with Gasteiger partial charge in [-0.3, -0.25) is 4.79 Å². The maximum absolute atomic E-state index is 12.2. The maximum atomic E-state index is 12.2. The predicted molar refractivity (Wildman–Crippen MR) is 107 cm³/mol. The lowest BCUT2D eigenvalue weighted by molar-refractivity contribution is -0.127. The maximum Gasteiger partial charge on any atom is 0.261 e. The second kappa shape index (κ2) is 10.6. The zero-order valence-corrected chi connectivity index (χ0v) is 16.3. The van der Waals surface area contributed by atoms with Crippen LogP contribution in [0.5, 0.6) is 5.75 Å². The van der Waals surface area contributed by atoms with Gasteiger partial charge in [0.15, 0.2) is 6.10 Å². The monoisotopic (exact) mass is 397 g/mol. The molecule has 0 aliphatic heterocycles. The molecule has 1 amide bonds. The highest BCUT2D eigenvalue weighted by Crippen LogP contribution is 2.19. The molecule has 0 bridgehead atoms. The van der Waals surface area contributed by atoms with E-state index in [1.807, 2.05) is 31.2 Å².